The topological polar surface area (TPSA) is 81.2 Å². The summed E-state index contributed by atoms with van der Waals surface area (Å²) in [6.07, 6.45) is 7.41. The van der Waals surface area contributed by atoms with Gasteiger partial charge in [-0.1, -0.05) is 44.4 Å². The third-order valence-electron chi connectivity index (χ3n) is 3.36. The Hall–Kier alpha value is -1.76. The molecule has 1 amide bonds. The van der Waals surface area contributed by atoms with Crippen LogP contribution in [0.25, 0.3) is 11.7 Å². The van der Waals surface area contributed by atoms with Crippen LogP contribution in [0, 0.1) is 0 Å². The minimum absolute atomic E-state index is 0.0178. The van der Waals surface area contributed by atoms with Crippen LogP contribution in [0.1, 0.15) is 46.0 Å². The third-order valence-corrected chi connectivity index (χ3v) is 4.18. The smallest absolute Gasteiger partial charge is 0.284 e. The number of hydrogen-bond acceptors (Lipinski definition) is 6. The molecule has 1 N–H and O–H groups in total. The summed E-state index contributed by atoms with van der Waals surface area (Å²) in [4.78, 5) is 11.9. The molecule has 2 heterocycles. The zero-order valence-corrected chi connectivity index (χ0v) is 14.4. The molecule has 0 saturated heterocycles. The van der Waals surface area contributed by atoms with Crippen molar-refractivity contribution in [2.45, 2.75) is 57.2 Å². The number of amides is 1. The molecule has 0 aromatic carbocycles. The predicted molar refractivity (Wildman–Crippen MR) is 89.1 cm³/mol. The monoisotopic (exact) mass is 337 g/mol. The molecule has 0 unspecified atom stereocenters. The van der Waals surface area contributed by atoms with Gasteiger partial charge in [0.15, 0.2) is 5.76 Å². The van der Waals surface area contributed by atoms with Gasteiger partial charge in [-0.2, -0.15) is 0 Å². The molecular formula is C16H23N3O3S. The Bertz CT molecular complexity index is 583. The average molecular weight is 337 g/mol. The van der Waals surface area contributed by atoms with Crippen molar-refractivity contribution in [2.75, 3.05) is 5.75 Å². The van der Waals surface area contributed by atoms with E-state index in [0.717, 1.165) is 12.8 Å². The molecule has 0 fully saturated rings. The highest BCUT2D eigenvalue weighted by molar-refractivity contribution is 7.99. The quantitative estimate of drug-likeness (QED) is 0.523. The number of carbonyl (C=O) groups excluding carboxylic acids is 1. The number of nitrogens with zero attached hydrogens (tertiary/aromatic N) is 2. The second kappa shape index (κ2) is 9.39. The molecule has 6 nitrogen and oxygen atoms in total. The van der Waals surface area contributed by atoms with Gasteiger partial charge in [-0.25, -0.2) is 0 Å². The number of furan rings is 1. The Morgan fingerprint density at radius 1 is 1.35 bits per heavy atom. The van der Waals surface area contributed by atoms with E-state index in [4.69, 9.17) is 8.83 Å². The molecule has 2 aromatic heterocycles. The summed E-state index contributed by atoms with van der Waals surface area (Å²) in [6.45, 7) is 4.23. The Morgan fingerprint density at radius 2 is 2.22 bits per heavy atom. The lowest BCUT2D eigenvalue weighted by atomic mass is 10.1. The van der Waals surface area contributed by atoms with Crippen LogP contribution in [0.2, 0.25) is 0 Å². The molecule has 2 rings (SSSR count). The van der Waals surface area contributed by atoms with Crippen LogP contribution in [0.5, 0.6) is 0 Å². The van der Waals surface area contributed by atoms with Crippen molar-refractivity contribution < 1.29 is 13.6 Å². The van der Waals surface area contributed by atoms with Crippen LogP contribution in [0.3, 0.4) is 0 Å². The molecule has 1 atom stereocenters. The fraction of sp³-hybridized carbons (Fsp3) is 0.562. The summed E-state index contributed by atoms with van der Waals surface area (Å²) in [5, 5.41) is 11.1. The lowest BCUT2D eigenvalue weighted by Gasteiger charge is -2.13. The van der Waals surface area contributed by atoms with Crippen LogP contribution in [0.4, 0.5) is 0 Å². The molecular weight excluding hydrogens is 314 g/mol. The van der Waals surface area contributed by atoms with Crippen LogP contribution in [-0.4, -0.2) is 27.9 Å². The highest BCUT2D eigenvalue weighted by Crippen LogP contribution is 2.23. The maximum atomic E-state index is 11.9. The van der Waals surface area contributed by atoms with Crippen LogP contribution >= 0.6 is 11.8 Å². The minimum atomic E-state index is -0.0178. The highest BCUT2D eigenvalue weighted by Gasteiger charge is 2.13. The normalized spacial score (nSPS) is 12.3. The lowest BCUT2D eigenvalue weighted by Crippen LogP contribution is -2.33. The minimum Gasteiger partial charge on any atom is -0.459 e. The van der Waals surface area contributed by atoms with Gasteiger partial charge in [0.05, 0.1) is 12.0 Å². The van der Waals surface area contributed by atoms with Gasteiger partial charge in [0.2, 0.25) is 5.91 Å². The molecule has 0 radical (unpaired) electrons. The summed E-state index contributed by atoms with van der Waals surface area (Å²) in [5.74, 6) is 1.09. The Kier molecular flexibility index (Phi) is 7.19. The van der Waals surface area contributed by atoms with E-state index in [1.54, 1.807) is 18.4 Å². The number of nitrogens with one attached hydrogen (secondary N) is 1. The van der Waals surface area contributed by atoms with E-state index < -0.39 is 0 Å². The summed E-state index contributed by atoms with van der Waals surface area (Å²) < 4.78 is 10.6. The summed E-state index contributed by atoms with van der Waals surface area (Å²) in [7, 11) is 0. The van der Waals surface area contributed by atoms with E-state index in [1.165, 1.54) is 31.0 Å². The second-order valence-electron chi connectivity index (χ2n) is 5.46. The molecule has 0 bridgehead atoms. The van der Waals surface area contributed by atoms with Gasteiger partial charge in [0.1, 0.15) is 0 Å². The van der Waals surface area contributed by atoms with E-state index in [1.807, 2.05) is 6.92 Å². The number of rotatable bonds is 10. The van der Waals surface area contributed by atoms with Gasteiger partial charge in [0, 0.05) is 6.04 Å². The van der Waals surface area contributed by atoms with Crippen molar-refractivity contribution in [3.05, 3.63) is 18.4 Å². The van der Waals surface area contributed by atoms with Gasteiger partial charge in [-0.3, -0.25) is 4.79 Å². The van der Waals surface area contributed by atoms with Crippen molar-refractivity contribution in [3.8, 4) is 11.7 Å². The van der Waals surface area contributed by atoms with Crippen molar-refractivity contribution in [2.24, 2.45) is 0 Å². The van der Waals surface area contributed by atoms with Gasteiger partial charge < -0.3 is 14.2 Å². The van der Waals surface area contributed by atoms with E-state index in [-0.39, 0.29) is 17.7 Å². The van der Waals surface area contributed by atoms with Crippen LogP contribution in [0.15, 0.2) is 32.5 Å². The average Bonchev–Trinajstić information content (AvgIpc) is 3.20. The fourth-order valence-electron chi connectivity index (χ4n) is 2.16. The van der Waals surface area contributed by atoms with E-state index >= 15 is 0 Å². The lowest BCUT2D eigenvalue weighted by molar-refractivity contribution is -0.119. The number of carbonyl (C=O) groups is 1. The first kappa shape index (κ1) is 17.6. The van der Waals surface area contributed by atoms with Crippen molar-refractivity contribution >= 4 is 17.7 Å². The first-order valence-electron chi connectivity index (χ1n) is 7.98. The zero-order valence-electron chi connectivity index (χ0n) is 13.6. The standard InChI is InChI=1S/C16H23N3O3S/c1-3-4-5-6-8-12(2)17-14(20)11-23-16-19-18-15(22-16)13-9-7-10-21-13/h7,9-10,12H,3-6,8,11H2,1-2H3,(H,17,20)/t12-/m0/s1. The molecule has 7 heteroatoms. The first-order valence-corrected chi connectivity index (χ1v) is 8.97. The van der Waals surface area contributed by atoms with Gasteiger partial charge >= 0.3 is 0 Å². The van der Waals surface area contributed by atoms with Crippen molar-refractivity contribution in [1.82, 2.24) is 15.5 Å². The Balaban J connectivity index is 1.68. The molecule has 0 aliphatic heterocycles. The predicted octanol–water partition coefficient (Wildman–Crippen LogP) is 3.90. The third kappa shape index (κ3) is 6.09. The van der Waals surface area contributed by atoms with Gasteiger partial charge in [-0.15, -0.1) is 10.2 Å². The van der Waals surface area contributed by atoms with E-state index in [9.17, 15) is 4.79 Å². The molecule has 23 heavy (non-hydrogen) atoms. The van der Waals surface area contributed by atoms with Crippen LogP contribution in [-0.2, 0) is 4.79 Å². The molecule has 126 valence electrons. The van der Waals surface area contributed by atoms with Gasteiger partial charge in [0.25, 0.3) is 11.1 Å². The maximum Gasteiger partial charge on any atom is 0.284 e. The van der Waals surface area contributed by atoms with Crippen LogP contribution < -0.4 is 5.32 Å². The first-order chi connectivity index (χ1) is 11.2. The zero-order chi connectivity index (χ0) is 16.5. The SMILES string of the molecule is CCCCCC[C@H](C)NC(=O)CSc1nnc(-c2ccco2)o1. The number of hydrogen-bond donors (Lipinski definition) is 1. The van der Waals surface area contributed by atoms with E-state index in [0.29, 0.717) is 16.9 Å². The number of thioether (sulfide) groups is 1. The van der Waals surface area contributed by atoms with Crippen molar-refractivity contribution in [3.63, 3.8) is 0 Å². The molecule has 2 aromatic rings. The highest BCUT2D eigenvalue weighted by atomic mass is 32.2. The number of aromatic nitrogens is 2. The largest absolute Gasteiger partial charge is 0.459 e. The second-order valence-corrected chi connectivity index (χ2v) is 6.38. The molecule has 0 spiro atoms. The summed E-state index contributed by atoms with van der Waals surface area (Å²) in [5.41, 5.74) is 0. The van der Waals surface area contributed by atoms with Crippen molar-refractivity contribution in [1.29, 1.82) is 0 Å². The Labute approximate surface area is 140 Å². The van der Waals surface area contributed by atoms with Gasteiger partial charge in [-0.05, 0) is 25.5 Å². The Morgan fingerprint density at radius 3 is 2.96 bits per heavy atom. The molecule has 0 saturated carbocycles. The summed E-state index contributed by atoms with van der Waals surface area (Å²) in [6, 6.07) is 3.69. The number of unbranched alkanes of at least 4 members (excludes halogenated alkanes) is 3. The fourth-order valence-corrected chi connectivity index (χ4v) is 2.74. The molecule has 0 aliphatic carbocycles. The molecule has 0 aliphatic rings. The van der Waals surface area contributed by atoms with E-state index in [2.05, 4.69) is 22.4 Å². The summed E-state index contributed by atoms with van der Waals surface area (Å²) >= 11 is 1.23. The maximum absolute atomic E-state index is 11.9.